The van der Waals surface area contributed by atoms with Crippen molar-refractivity contribution in [3.05, 3.63) is 33.9 Å². The van der Waals surface area contributed by atoms with Crippen LogP contribution >= 0.6 is 0 Å². The summed E-state index contributed by atoms with van der Waals surface area (Å²) in [5.41, 5.74) is 0.141. The lowest BCUT2D eigenvalue weighted by Gasteiger charge is -2.16. The van der Waals surface area contributed by atoms with E-state index >= 15 is 0 Å². The third-order valence-electron chi connectivity index (χ3n) is 3.69. The molecule has 1 amide bonds. The van der Waals surface area contributed by atoms with E-state index in [1.165, 1.54) is 19.2 Å². The van der Waals surface area contributed by atoms with Gasteiger partial charge in [0.05, 0.1) is 12.0 Å². The molecule has 1 N–H and O–H groups in total. The van der Waals surface area contributed by atoms with Gasteiger partial charge in [-0.3, -0.25) is 14.9 Å². The van der Waals surface area contributed by atoms with Crippen molar-refractivity contribution in [2.45, 2.75) is 6.42 Å². The van der Waals surface area contributed by atoms with E-state index in [1.807, 2.05) is 7.05 Å². The topological polar surface area (TPSA) is 84.7 Å². The summed E-state index contributed by atoms with van der Waals surface area (Å²) < 4.78 is 4.94. The van der Waals surface area contributed by atoms with Gasteiger partial charge in [-0.1, -0.05) is 0 Å². The Balaban J connectivity index is 2.17. The fourth-order valence-corrected chi connectivity index (χ4v) is 2.62. The molecule has 21 heavy (non-hydrogen) atoms. The molecule has 1 aromatic carbocycles. The van der Waals surface area contributed by atoms with Crippen molar-refractivity contribution >= 4 is 11.6 Å². The van der Waals surface area contributed by atoms with Crippen molar-refractivity contribution in [1.29, 1.82) is 0 Å². The molecule has 7 nitrogen and oxygen atoms in total. The average Bonchev–Trinajstić information content (AvgIpc) is 2.94. The van der Waals surface area contributed by atoms with Crippen LogP contribution < -0.4 is 10.1 Å². The summed E-state index contributed by atoms with van der Waals surface area (Å²) in [4.78, 5) is 24.6. The summed E-state index contributed by atoms with van der Waals surface area (Å²) in [5, 5.41) is 14.1. The van der Waals surface area contributed by atoms with Crippen molar-refractivity contribution in [1.82, 2.24) is 10.2 Å². The third-order valence-corrected chi connectivity index (χ3v) is 3.69. The van der Waals surface area contributed by atoms with Crippen LogP contribution in [0.15, 0.2) is 18.2 Å². The molecular formula is C14H19N3O4. The molecule has 1 aliphatic heterocycles. The lowest BCUT2D eigenvalue weighted by Crippen LogP contribution is -2.30. The molecule has 0 radical (unpaired) electrons. The number of rotatable bonds is 5. The zero-order valence-corrected chi connectivity index (χ0v) is 12.2. The molecule has 0 bridgehead atoms. The van der Waals surface area contributed by atoms with Gasteiger partial charge >= 0.3 is 5.69 Å². The van der Waals surface area contributed by atoms with E-state index in [-0.39, 0.29) is 17.3 Å². The highest BCUT2D eigenvalue weighted by Crippen LogP contribution is 2.28. The van der Waals surface area contributed by atoms with Crippen molar-refractivity contribution < 1.29 is 14.5 Å². The van der Waals surface area contributed by atoms with Gasteiger partial charge in [0.2, 0.25) is 0 Å². The molecule has 1 aromatic rings. The molecule has 1 heterocycles. The van der Waals surface area contributed by atoms with Gasteiger partial charge in [0.1, 0.15) is 0 Å². The number of nitrogens with one attached hydrogen (secondary N) is 1. The smallest absolute Gasteiger partial charge is 0.311 e. The van der Waals surface area contributed by atoms with Gasteiger partial charge in [0, 0.05) is 24.7 Å². The SMILES string of the molecule is CNCC1CCN(C(=O)c2ccc(OC)c([N+](=O)[O-])c2)C1. The zero-order valence-electron chi connectivity index (χ0n) is 12.2. The summed E-state index contributed by atoms with van der Waals surface area (Å²) >= 11 is 0. The summed E-state index contributed by atoms with van der Waals surface area (Å²) in [5.74, 6) is 0.428. The van der Waals surface area contributed by atoms with E-state index in [0.717, 1.165) is 13.0 Å². The molecule has 0 aromatic heterocycles. The van der Waals surface area contributed by atoms with E-state index in [1.54, 1.807) is 11.0 Å². The second-order valence-electron chi connectivity index (χ2n) is 5.11. The maximum Gasteiger partial charge on any atom is 0.311 e. The Bertz CT molecular complexity index is 547. The molecule has 1 fully saturated rings. The number of carbonyl (C=O) groups is 1. The molecule has 1 saturated heterocycles. The number of methoxy groups -OCH3 is 1. The molecule has 1 atom stereocenters. The molecule has 0 spiro atoms. The van der Waals surface area contributed by atoms with E-state index < -0.39 is 4.92 Å². The fraction of sp³-hybridized carbons (Fsp3) is 0.500. The minimum Gasteiger partial charge on any atom is -0.490 e. The van der Waals surface area contributed by atoms with Crippen LogP contribution in [-0.4, -0.2) is 49.5 Å². The van der Waals surface area contributed by atoms with Crippen LogP contribution in [0.1, 0.15) is 16.8 Å². The first kappa shape index (κ1) is 15.2. The zero-order chi connectivity index (χ0) is 15.4. The number of nitrogens with zero attached hydrogens (tertiary/aromatic N) is 2. The Hall–Kier alpha value is -2.15. The minimum atomic E-state index is -0.538. The number of nitro benzene ring substituents is 1. The van der Waals surface area contributed by atoms with Crippen LogP contribution in [-0.2, 0) is 0 Å². The largest absolute Gasteiger partial charge is 0.490 e. The van der Waals surface area contributed by atoms with E-state index in [2.05, 4.69) is 5.32 Å². The quantitative estimate of drug-likeness (QED) is 0.653. The van der Waals surface area contributed by atoms with Gasteiger partial charge in [-0.25, -0.2) is 0 Å². The van der Waals surface area contributed by atoms with Crippen LogP contribution in [0.5, 0.6) is 5.75 Å². The van der Waals surface area contributed by atoms with Gasteiger partial charge in [-0.2, -0.15) is 0 Å². The van der Waals surface area contributed by atoms with Gasteiger partial charge in [-0.15, -0.1) is 0 Å². The average molecular weight is 293 g/mol. The van der Waals surface area contributed by atoms with Crippen molar-refractivity contribution in [3.8, 4) is 5.75 Å². The monoisotopic (exact) mass is 293 g/mol. The van der Waals surface area contributed by atoms with Crippen LogP contribution in [0.4, 0.5) is 5.69 Å². The minimum absolute atomic E-state index is 0.158. The Morgan fingerprint density at radius 2 is 2.33 bits per heavy atom. The summed E-state index contributed by atoms with van der Waals surface area (Å²) in [6, 6.07) is 4.32. The van der Waals surface area contributed by atoms with Crippen molar-refractivity contribution in [3.63, 3.8) is 0 Å². The predicted molar refractivity (Wildman–Crippen MR) is 77.6 cm³/mol. The number of amides is 1. The highest BCUT2D eigenvalue weighted by Gasteiger charge is 2.28. The number of likely N-dealkylation sites (tertiary alicyclic amines) is 1. The Kier molecular flexibility index (Phi) is 4.74. The number of benzene rings is 1. The normalized spacial score (nSPS) is 17.8. The molecule has 2 rings (SSSR count). The molecule has 7 heteroatoms. The van der Waals surface area contributed by atoms with Gasteiger partial charge in [0.15, 0.2) is 5.75 Å². The number of hydrogen-bond donors (Lipinski definition) is 1. The Morgan fingerprint density at radius 1 is 1.57 bits per heavy atom. The van der Waals surface area contributed by atoms with Crippen LogP contribution in [0.3, 0.4) is 0 Å². The third kappa shape index (κ3) is 3.30. The highest BCUT2D eigenvalue weighted by molar-refractivity contribution is 5.95. The van der Waals surface area contributed by atoms with Crippen LogP contribution in [0.25, 0.3) is 0 Å². The molecule has 114 valence electrons. The standard InChI is InChI=1S/C14H19N3O4/c1-15-8-10-5-6-16(9-10)14(18)11-3-4-13(21-2)12(7-11)17(19)20/h3-4,7,10,15H,5-6,8-9H2,1-2H3. The van der Waals surface area contributed by atoms with E-state index in [0.29, 0.717) is 24.6 Å². The van der Waals surface area contributed by atoms with Gasteiger partial charge < -0.3 is 15.0 Å². The second kappa shape index (κ2) is 6.53. The summed E-state index contributed by atoms with van der Waals surface area (Å²) in [6.45, 7) is 2.23. The summed E-state index contributed by atoms with van der Waals surface area (Å²) in [6.07, 6.45) is 0.949. The van der Waals surface area contributed by atoms with Crippen LogP contribution in [0, 0.1) is 16.0 Å². The number of hydrogen-bond acceptors (Lipinski definition) is 5. The lowest BCUT2D eigenvalue weighted by atomic mass is 10.1. The maximum absolute atomic E-state index is 12.4. The summed E-state index contributed by atoms with van der Waals surface area (Å²) in [7, 11) is 3.25. The second-order valence-corrected chi connectivity index (χ2v) is 5.11. The molecule has 0 aliphatic carbocycles. The van der Waals surface area contributed by atoms with E-state index in [4.69, 9.17) is 4.74 Å². The van der Waals surface area contributed by atoms with Crippen molar-refractivity contribution in [2.75, 3.05) is 33.8 Å². The molecule has 1 aliphatic rings. The van der Waals surface area contributed by atoms with Crippen molar-refractivity contribution in [2.24, 2.45) is 5.92 Å². The lowest BCUT2D eigenvalue weighted by molar-refractivity contribution is -0.385. The Morgan fingerprint density at radius 3 is 2.95 bits per heavy atom. The number of carbonyl (C=O) groups excluding carboxylic acids is 1. The van der Waals surface area contributed by atoms with Gasteiger partial charge in [0.25, 0.3) is 5.91 Å². The first-order valence-electron chi connectivity index (χ1n) is 6.83. The maximum atomic E-state index is 12.4. The number of nitro groups is 1. The van der Waals surface area contributed by atoms with E-state index in [9.17, 15) is 14.9 Å². The first-order chi connectivity index (χ1) is 10.1. The molecule has 1 unspecified atom stereocenters. The highest BCUT2D eigenvalue weighted by atomic mass is 16.6. The number of ether oxygens (including phenoxy) is 1. The fourth-order valence-electron chi connectivity index (χ4n) is 2.62. The molecular weight excluding hydrogens is 274 g/mol. The predicted octanol–water partition coefficient (Wildman–Crippen LogP) is 1.28. The van der Waals surface area contributed by atoms with Crippen LogP contribution in [0.2, 0.25) is 0 Å². The van der Waals surface area contributed by atoms with Gasteiger partial charge in [-0.05, 0) is 38.1 Å². The first-order valence-corrected chi connectivity index (χ1v) is 6.83. The molecule has 0 saturated carbocycles. The Labute approximate surface area is 123 Å².